The lowest BCUT2D eigenvalue weighted by Crippen LogP contribution is -1.87. The lowest BCUT2D eigenvalue weighted by Gasteiger charge is -2.04. The molecule has 0 saturated heterocycles. The first kappa shape index (κ1) is 20.5. The number of aromatic hydroxyl groups is 1. The summed E-state index contributed by atoms with van der Waals surface area (Å²) in [5.41, 5.74) is 4.41. The topological polar surface area (TPSA) is 49.3 Å². The molecule has 0 fully saturated rings. The van der Waals surface area contributed by atoms with E-state index in [0.29, 0.717) is 11.7 Å². The second-order valence-corrected chi connectivity index (χ2v) is 5.30. The molecule has 0 atom stereocenters. The van der Waals surface area contributed by atoms with Gasteiger partial charge in [0.15, 0.2) is 0 Å². The Hall–Kier alpha value is -2.55. The van der Waals surface area contributed by atoms with Crippen molar-refractivity contribution in [3.63, 3.8) is 0 Å². The molecule has 0 heterocycles. The first-order chi connectivity index (χ1) is 11.0. The van der Waals surface area contributed by atoms with Crippen molar-refractivity contribution in [2.24, 2.45) is 0 Å². The van der Waals surface area contributed by atoms with Crippen molar-refractivity contribution in [1.82, 2.24) is 0 Å². The molecule has 2 rings (SSSR count). The normalized spacial score (nSPS) is 9.09. The molecule has 0 aliphatic rings. The largest absolute Gasteiger partial charge is 0.506 e. The van der Waals surface area contributed by atoms with Gasteiger partial charge in [0.05, 0.1) is 5.69 Å². The molecule has 0 radical (unpaired) electrons. The lowest BCUT2D eigenvalue weighted by atomic mass is 10.0. The van der Waals surface area contributed by atoms with Crippen LogP contribution < -0.4 is 5.32 Å². The second-order valence-electron chi connectivity index (χ2n) is 5.30. The standard InChI is InChI=1S/C11H14.C8H11NO.CH2O/c1-4-10-5-7-11(8-6-10)9(2)3;1-6-3-4-7(9-2)8(10)5-6;1-2/h4-9H,1H2,2-3H3;3-5,9-10H,1-2H3;1H2. The second kappa shape index (κ2) is 11.1. The fourth-order valence-corrected chi connectivity index (χ4v) is 1.87. The third-order valence-corrected chi connectivity index (χ3v) is 3.26. The van der Waals surface area contributed by atoms with E-state index in [9.17, 15) is 5.11 Å². The van der Waals surface area contributed by atoms with Gasteiger partial charge in [-0.15, -0.1) is 0 Å². The maximum Gasteiger partial charge on any atom is 0.138 e. The van der Waals surface area contributed by atoms with Gasteiger partial charge in [0, 0.05) is 7.05 Å². The highest BCUT2D eigenvalue weighted by Gasteiger charge is 1.96. The molecule has 0 unspecified atom stereocenters. The number of rotatable bonds is 3. The maximum absolute atomic E-state index is 9.23. The molecular formula is C20H27NO2. The molecule has 2 N–H and O–H groups in total. The van der Waals surface area contributed by atoms with Crippen LogP contribution in [-0.2, 0) is 4.79 Å². The molecule has 3 nitrogen and oxygen atoms in total. The van der Waals surface area contributed by atoms with Gasteiger partial charge in [0.1, 0.15) is 12.5 Å². The molecule has 3 heteroatoms. The summed E-state index contributed by atoms with van der Waals surface area (Å²) >= 11 is 0. The van der Waals surface area contributed by atoms with Crippen molar-refractivity contribution in [1.29, 1.82) is 0 Å². The average Bonchev–Trinajstić information content (AvgIpc) is 2.57. The minimum Gasteiger partial charge on any atom is -0.506 e. The van der Waals surface area contributed by atoms with Gasteiger partial charge < -0.3 is 15.2 Å². The number of carbonyl (C=O) groups excluding carboxylic acids is 1. The number of nitrogens with one attached hydrogen (secondary N) is 1. The van der Waals surface area contributed by atoms with Gasteiger partial charge in [-0.25, -0.2) is 0 Å². The van der Waals surface area contributed by atoms with Crippen molar-refractivity contribution in [3.8, 4) is 5.75 Å². The molecule has 0 amide bonds. The minimum absolute atomic E-state index is 0.308. The van der Waals surface area contributed by atoms with Gasteiger partial charge in [-0.1, -0.05) is 56.8 Å². The predicted molar refractivity (Wildman–Crippen MR) is 100 cm³/mol. The van der Waals surface area contributed by atoms with Crippen molar-refractivity contribution in [2.75, 3.05) is 12.4 Å². The molecule has 0 bridgehead atoms. The van der Waals surface area contributed by atoms with E-state index >= 15 is 0 Å². The van der Waals surface area contributed by atoms with E-state index in [2.05, 4.69) is 50.0 Å². The summed E-state index contributed by atoms with van der Waals surface area (Å²) < 4.78 is 0. The Morgan fingerprint density at radius 1 is 1.09 bits per heavy atom. The Bertz CT molecular complexity index is 589. The monoisotopic (exact) mass is 313 g/mol. The van der Waals surface area contributed by atoms with E-state index in [-0.39, 0.29) is 0 Å². The summed E-state index contributed by atoms with van der Waals surface area (Å²) in [4.78, 5) is 8.00. The highest BCUT2D eigenvalue weighted by Crippen LogP contribution is 2.22. The van der Waals surface area contributed by atoms with Crippen LogP contribution in [0.1, 0.15) is 36.5 Å². The van der Waals surface area contributed by atoms with Gasteiger partial charge in [0.25, 0.3) is 0 Å². The highest BCUT2D eigenvalue weighted by molar-refractivity contribution is 5.56. The van der Waals surface area contributed by atoms with Crippen LogP contribution in [0, 0.1) is 6.92 Å². The Kier molecular flexibility index (Phi) is 9.85. The highest BCUT2D eigenvalue weighted by atomic mass is 16.3. The lowest BCUT2D eigenvalue weighted by molar-refractivity contribution is -0.0979. The number of aryl methyl sites for hydroxylation is 1. The van der Waals surface area contributed by atoms with Crippen LogP contribution in [0.25, 0.3) is 6.08 Å². The van der Waals surface area contributed by atoms with Crippen molar-refractivity contribution >= 4 is 18.6 Å². The van der Waals surface area contributed by atoms with E-state index in [1.807, 2.05) is 31.9 Å². The maximum atomic E-state index is 9.23. The van der Waals surface area contributed by atoms with Gasteiger partial charge >= 0.3 is 0 Å². The van der Waals surface area contributed by atoms with Crippen LogP contribution in [0.4, 0.5) is 5.69 Å². The van der Waals surface area contributed by atoms with Gasteiger partial charge in [-0.3, -0.25) is 0 Å². The van der Waals surface area contributed by atoms with E-state index in [1.165, 1.54) is 11.1 Å². The number of phenolic OH excluding ortho intramolecular Hbond substituents is 1. The first-order valence-electron chi connectivity index (χ1n) is 7.46. The Labute approximate surface area is 139 Å². The van der Waals surface area contributed by atoms with Crippen LogP contribution in [0.3, 0.4) is 0 Å². The smallest absolute Gasteiger partial charge is 0.138 e. The third-order valence-electron chi connectivity index (χ3n) is 3.26. The number of hydrogen-bond donors (Lipinski definition) is 2. The Balaban J connectivity index is 0.000000381. The summed E-state index contributed by atoms with van der Waals surface area (Å²) in [6.07, 6.45) is 1.87. The van der Waals surface area contributed by atoms with Crippen LogP contribution in [0.2, 0.25) is 0 Å². The Morgan fingerprint density at radius 3 is 2.04 bits per heavy atom. The van der Waals surface area contributed by atoms with E-state index in [0.717, 1.165) is 11.3 Å². The number of hydrogen-bond acceptors (Lipinski definition) is 3. The molecule has 2 aromatic carbocycles. The summed E-state index contributed by atoms with van der Waals surface area (Å²) in [5.74, 6) is 0.927. The Morgan fingerprint density at radius 2 is 1.65 bits per heavy atom. The van der Waals surface area contributed by atoms with Crippen LogP contribution in [0.15, 0.2) is 49.0 Å². The van der Waals surface area contributed by atoms with Gasteiger partial charge in [0.2, 0.25) is 0 Å². The van der Waals surface area contributed by atoms with Crippen molar-refractivity contribution < 1.29 is 9.90 Å². The fourth-order valence-electron chi connectivity index (χ4n) is 1.87. The van der Waals surface area contributed by atoms with Crippen LogP contribution in [0.5, 0.6) is 5.75 Å². The molecule has 0 spiro atoms. The number of anilines is 1. The summed E-state index contributed by atoms with van der Waals surface area (Å²) in [6, 6.07) is 14.0. The molecule has 23 heavy (non-hydrogen) atoms. The number of benzene rings is 2. The first-order valence-corrected chi connectivity index (χ1v) is 7.46. The predicted octanol–water partition coefficient (Wildman–Crippen LogP) is 5.01. The molecule has 0 aliphatic heterocycles. The fraction of sp³-hybridized carbons (Fsp3) is 0.250. The van der Waals surface area contributed by atoms with Gasteiger partial charge in [-0.05, 0) is 41.7 Å². The summed E-state index contributed by atoms with van der Waals surface area (Å²) in [7, 11) is 1.78. The molecular weight excluding hydrogens is 286 g/mol. The van der Waals surface area contributed by atoms with Crippen molar-refractivity contribution in [2.45, 2.75) is 26.7 Å². The zero-order valence-corrected chi connectivity index (χ0v) is 14.5. The molecule has 0 aromatic heterocycles. The zero-order valence-electron chi connectivity index (χ0n) is 14.5. The van der Waals surface area contributed by atoms with E-state index in [4.69, 9.17) is 4.79 Å². The molecule has 2 aromatic rings. The minimum atomic E-state index is 0.308. The molecule has 124 valence electrons. The quantitative estimate of drug-likeness (QED) is 0.783. The number of phenols is 1. The SMILES string of the molecule is C=Cc1ccc(C(C)C)cc1.C=O.CNc1ccc(C)cc1O. The average molecular weight is 313 g/mol. The van der Waals surface area contributed by atoms with Crippen LogP contribution >= 0.6 is 0 Å². The van der Waals surface area contributed by atoms with Crippen molar-refractivity contribution in [3.05, 3.63) is 65.7 Å². The zero-order chi connectivity index (χ0) is 17.8. The molecule has 0 saturated carbocycles. The summed E-state index contributed by atoms with van der Waals surface area (Å²) in [6.45, 7) is 12.0. The van der Waals surface area contributed by atoms with E-state index in [1.54, 1.807) is 13.1 Å². The summed E-state index contributed by atoms with van der Waals surface area (Å²) in [5, 5.41) is 12.1. The number of carbonyl (C=O) groups is 1. The van der Waals surface area contributed by atoms with E-state index < -0.39 is 0 Å². The van der Waals surface area contributed by atoms with Gasteiger partial charge in [-0.2, -0.15) is 0 Å². The van der Waals surface area contributed by atoms with Crippen LogP contribution in [-0.4, -0.2) is 18.9 Å². The third kappa shape index (κ3) is 7.32. The molecule has 0 aliphatic carbocycles.